The molecule has 1 atom stereocenters. The summed E-state index contributed by atoms with van der Waals surface area (Å²) in [4.78, 5) is 28.0. The highest BCUT2D eigenvalue weighted by molar-refractivity contribution is 5.88. The van der Waals surface area contributed by atoms with E-state index in [9.17, 15) is 9.59 Å². The molecule has 2 aromatic carbocycles. The van der Waals surface area contributed by atoms with Crippen LogP contribution in [0.3, 0.4) is 0 Å². The number of carbonyl (C=O) groups excluding carboxylic acids is 2. The number of hydrogen-bond donors (Lipinski definition) is 2. The van der Waals surface area contributed by atoms with Gasteiger partial charge in [0.2, 0.25) is 0 Å². The first-order chi connectivity index (χ1) is 15.6. The number of benzene rings is 2. The van der Waals surface area contributed by atoms with Crippen LogP contribution in [0.2, 0.25) is 0 Å². The summed E-state index contributed by atoms with van der Waals surface area (Å²) in [6.07, 6.45) is 8.78. The fraction of sp³-hybridized carbons (Fsp3) is 0.120. The molecular formula is C25H24N4O3. The highest BCUT2D eigenvalue weighted by atomic mass is 16.5. The zero-order valence-electron chi connectivity index (χ0n) is 17.6. The predicted molar refractivity (Wildman–Crippen MR) is 125 cm³/mol. The average Bonchev–Trinajstić information content (AvgIpc) is 2.83. The van der Waals surface area contributed by atoms with Crippen molar-refractivity contribution >= 4 is 30.2 Å². The molecule has 3 aromatic rings. The lowest BCUT2D eigenvalue weighted by molar-refractivity contribution is -0.129. The van der Waals surface area contributed by atoms with E-state index in [0.29, 0.717) is 5.75 Å². The number of hydrazone groups is 1. The average molecular weight is 428 g/mol. The maximum atomic E-state index is 12.1. The van der Waals surface area contributed by atoms with Crippen molar-refractivity contribution in [3.05, 3.63) is 95.8 Å². The monoisotopic (exact) mass is 428 g/mol. The number of nitrogens with zero attached hydrogens (tertiary/aromatic N) is 2. The molecule has 1 heterocycles. The van der Waals surface area contributed by atoms with E-state index < -0.39 is 17.9 Å². The molecule has 2 N–H and O–H groups in total. The Kier molecular flexibility index (Phi) is 8.27. The van der Waals surface area contributed by atoms with Gasteiger partial charge in [0.15, 0.2) is 6.61 Å². The Bertz CT molecular complexity index is 1070. The van der Waals surface area contributed by atoms with Crippen LogP contribution >= 0.6 is 0 Å². The fourth-order valence-corrected chi connectivity index (χ4v) is 2.65. The van der Waals surface area contributed by atoms with Crippen LogP contribution in [0.4, 0.5) is 0 Å². The minimum atomic E-state index is -0.758. The maximum Gasteiger partial charge on any atom is 0.262 e. The topological polar surface area (TPSA) is 92.7 Å². The second-order valence-electron chi connectivity index (χ2n) is 6.91. The highest BCUT2D eigenvalue weighted by Gasteiger charge is 2.15. The van der Waals surface area contributed by atoms with Gasteiger partial charge in [-0.25, -0.2) is 5.43 Å². The highest BCUT2D eigenvalue weighted by Crippen LogP contribution is 2.14. The van der Waals surface area contributed by atoms with Gasteiger partial charge in [-0.2, -0.15) is 5.10 Å². The van der Waals surface area contributed by atoms with Crippen molar-refractivity contribution in [2.45, 2.75) is 13.0 Å². The smallest absolute Gasteiger partial charge is 0.262 e. The normalized spacial score (nSPS) is 11.9. The van der Waals surface area contributed by atoms with Crippen molar-refractivity contribution in [1.82, 2.24) is 15.7 Å². The molecule has 162 valence electrons. The van der Waals surface area contributed by atoms with E-state index in [-0.39, 0.29) is 6.61 Å². The number of hydrogen-bond acceptors (Lipinski definition) is 5. The lowest BCUT2D eigenvalue weighted by Crippen LogP contribution is -2.45. The molecular weight excluding hydrogens is 404 g/mol. The molecule has 0 bridgehead atoms. The minimum absolute atomic E-state index is 0.197. The molecule has 32 heavy (non-hydrogen) atoms. The Morgan fingerprint density at radius 1 is 0.938 bits per heavy atom. The Morgan fingerprint density at radius 2 is 1.59 bits per heavy atom. The molecule has 0 aliphatic heterocycles. The Hall–Kier alpha value is -4.26. The Morgan fingerprint density at radius 3 is 2.28 bits per heavy atom. The van der Waals surface area contributed by atoms with E-state index >= 15 is 0 Å². The van der Waals surface area contributed by atoms with Crippen LogP contribution in [0.1, 0.15) is 23.6 Å². The fourth-order valence-electron chi connectivity index (χ4n) is 2.65. The lowest BCUT2D eigenvalue weighted by Gasteiger charge is -2.12. The molecule has 3 rings (SSSR count). The van der Waals surface area contributed by atoms with Crippen molar-refractivity contribution in [3.8, 4) is 5.75 Å². The molecule has 0 saturated heterocycles. The standard InChI is InChI=1S/C25H24N4O3/c1-19(25(31)29-27-17-22-13-15-26-16-14-22)28-24(30)18-32-23-11-9-21(10-12-23)8-7-20-5-3-2-4-6-20/h2-17,19H,18H2,1H3,(H,28,30)(H,29,31)/b8-7+,27-17+. The van der Waals surface area contributed by atoms with Crippen LogP contribution < -0.4 is 15.5 Å². The zero-order valence-corrected chi connectivity index (χ0v) is 17.6. The van der Waals surface area contributed by atoms with Crippen molar-refractivity contribution in [3.63, 3.8) is 0 Å². The third-order valence-corrected chi connectivity index (χ3v) is 4.38. The molecule has 0 spiro atoms. The summed E-state index contributed by atoms with van der Waals surface area (Å²) < 4.78 is 5.50. The van der Waals surface area contributed by atoms with Crippen molar-refractivity contribution in [1.29, 1.82) is 0 Å². The second-order valence-corrected chi connectivity index (χ2v) is 6.91. The van der Waals surface area contributed by atoms with E-state index in [0.717, 1.165) is 16.7 Å². The number of carbonyl (C=O) groups is 2. The number of amides is 2. The summed E-state index contributed by atoms with van der Waals surface area (Å²) in [5.74, 6) is -0.270. The van der Waals surface area contributed by atoms with E-state index in [1.54, 1.807) is 43.6 Å². The molecule has 0 fully saturated rings. The predicted octanol–water partition coefficient (Wildman–Crippen LogP) is 3.29. The zero-order chi connectivity index (χ0) is 22.6. The van der Waals surface area contributed by atoms with E-state index in [4.69, 9.17) is 4.74 Å². The van der Waals surface area contributed by atoms with Crippen LogP contribution in [-0.4, -0.2) is 35.7 Å². The summed E-state index contributed by atoms with van der Waals surface area (Å²) in [6, 6.07) is 20.2. The van der Waals surface area contributed by atoms with Crippen molar-refractivity contribution in [2.24, 2.45) is 5.10 Å². The van der Waals surface area contributed by atoms with Gasteiger partial charge >= 0.3 is 0 Å². The van der Waals surface area contributed by atoms with E-state index in [1.807, 2.05) is 54.6 Å². The van der Waals surface area contributed by atoms with Gasteiger partial charge in [-0.05, 0) is 47.9 Å². The summed E-state index contributed by atoms with van der Waals surface area (Å²) in [6.45, 7) is 1.38. The Balaban J connectivity index is 1.40. The van der Waals surface area contributed by atoms with Crippen LogP contribution in [0.5, 0.6) is 5.75 Å². The quantitative estimate of drug-likeness (QED) is 0.311. The van der Waals surface area contributed by atoms with Gasteiger partial charge in [0.1, 0.15) is 11.8 Å². The van der Waals surface area contributed by atoms with E-state index in [1.165, 1.54) is 6.21 Å². The van der Waals surface area contributed by atoms with Gasteiger partial charge in [-0.3, -0.25) is 14.6 Å². The van der Waals surface area contributed by atoms with Crippen LogP contribution in [0.25, 0.3) is 12.2 Å². The number of aromatic nitrogens is 1. The molecule has 7 heteroatoms. The molecule has 1 unspecified atom stereocenters. The number of nitrogens with one attached hydrogen (secondary N) is 2. The number of ether oxygens (including phenoxy) is 1. The summed E-state index contributed by atoms with van der Waals surface area (Å²) >= 11 is 0. The van der Waals surface area contributed by atoms with Crippen molar-refractivity contribution < 1.29 is 14.3 Å². The van der Waals surface area contributed by atoms with Gasteiger partial charge in [-0.15, -0.1) is 0 Å². The second kappa shape index (κ2) is 11.8. The third kappa shape index (κ3) is 7.53. The van der Waals surface area contributed by atoms with Crippen LogP contribution in [0, 0.1) is 0 Å². The Labute approximate surface area is 186 Å². The van der Waals surface area contributed by atoms with Gasteiger partial charge in [0, 0.05) is 12.4 Å². The van der Waals surface area contributed by atoms with E-state index in [2.05, 4.69) is 20.8 Å². The molecule has 0 radical (unpaired) electrons. The van der Waals surface area contributed by atoms with Gasteiger partial charge in [-0.1, -0.05) is 54.6 Å². The molecule has 1 aromatic heterocycles. The first-order valence-electron chi connectivity index (χ1n) is 10.1. The SMILES string of the molecule is CC(NC(=O)COc1ccc(/C=C/c2ccccc2)cc1)C(=O)N/N=C/c1ccncc1. The number of rotatable bonds is 9. The molecule has 0 aliphatic carbocycles. The molecule has 0 aliphatic rings. The number of pyridine rings is 1. The third-order valence-electron chi connectivity index (χ3n) is 4.38. The van der Waals surface area contributed by atoms with Gasteiger partial charge in [0.05, 0.1) is 6.21 Å². The first-order valence-corrected chi connectivity index (χ1v) is 10.1. The van der Waals surface area contributed by atoms with Crippen LogP contribution in [0.15, 0.2) is 84.2 Å². The minimum Gasteiger partial charge on any atom is -0.484 e. The summed E-state index contributed by atoms with van der Waals surface area (Å²) in [5, 5.41) is 6.44. The van der Waals surface area contributed by atoms with Gasteiger partial charge < -0.3 is 10.1 Å². The molecule has 0 saturated carbocycles. The largest absolute Gasteiger partial charge is 0.484 e. The molecule has 2 amide bonds. The van der Waals surface area contributed by atoms with Gasteiger partial charge in [0.25, 0.3) is 11.8 Å². The van der Waals surface area contributed by atoms with Crippen molar-refractivity contribution in [2.75, 3.05) is 6.61 Å². The summed E-state index contributed by atoms with van der Waals surface area (Å²) in [5.41, 5.74) is 5.32. The van der Waals surface area contributed by atoms with Crippen LogP contribution in [-0.2, 0) is 9.59 Å². The first kappa shape index (κ1) is 22.4. The maximum absolute atomic E-state index is 12.1. The molecule has 7 nitrogen and oxygen atoms in total. The lowest BCUT2D eigenvalue weighted by atomic mass is 10.1. The summed E-state index contributed by atoms with van der Waals surface area (Å²) in [7, 11) is 0.